The van der Waals surface area contributed by atoms with Gasteiger partial charge in [0.1, 0.15) is 18.1 Å². The van der Waals surface area contributed by atoms with Gasteiger partial charge in [0, 0.05) is 5.57 Å². The normalized spacial score (nSPS) is 17.1. The summed E-state index contributed by atoms with van der Waals surface area (Å²) in [5.74, 6) is -1.42. The second kappa shape index (κ2) is 10.7. The molecule has 0 saturated carbocycles. The number of nitrogens with zero attached hydrogens (tertiary/aromatic N) is 1. The van der Waals surface area contributed by atoms with Gasteiger partial charge in [-0.1, -0.05) is 54.3 Å². The lowest BCUT2D eigenvalue weighted by Crippen LogP contribution is -3.06. The zero-order valence-corrected chi connectivity index (χ0v) is 20.7. The van der Waals surface area contributed by atoms with Gasteiger partial charge in [0.25, 0.3) is 5.91 Å². The fourth-order valence-electron chi connectivity index (χ4n) is 4.28. The average Bonchev–Trinajstić information content (AvgIpc) is 3.12. The summed E-state index contributed by atoms with van der Waals surface area (Å²) in [5, 5.41) is 23.6. The Hall–Kier alpha value is -4.10. The molecular weight excluding hydrogens is 456 g/mol. The Morgan fingerprint density at radius 1 is 1.03 bits per heavy atom. The number of carbonyl (C=O) groups is 2. The molecule has 1 aliphatic heterocycles. The second-order valence-electron chi connectivity index (χ2n) is 9.26. The number of benzene rings is 3. The van der Waals surface area contributed by atoms with Crippen LogP contribution in [0, 0.1) is 6.92 Å². The number of ether oxygens (including phenoxy) is 1. The predicted octanol–water partition coefficient (Wildman–Crippen LogP) is 1.65. The van der Waals surface area contributed by atoms with E-state index in [1.807, 2.05) is 45.3 Å². The number of quaternary nitrogens is 1. The Balaban J connectivity index is 1.65. The van der Waals surface area contributed by atoms with E-state index >= 15 is 0 Å². The molecule has 0 aliphatic carbocycles. The summed E-state index contributed by atoms with van der Waals surface area (Å²) < 4.78 is 5.87. The van der Waals surface area contributed by atoms with Crippen LogP contribution in [0.1, 0.15) is 28.3 Å². The van der Waals surface area contributed by atoms with Crippen molar-refractivity contribution in [1.29, 1.82) is 0 Å². The molecule has 1 amide bonds. The van der Waals surface area contributed by atoms with Gasteiger partial charge in [-0.15, -0.1) is 0 Å². The number of likely N-dealkylation sites (tertiary alicyclic amines) is 1. The summed E-state index contributed by atoms with van der Waals surface area (Å²) in [4.78, 5) is 28.5. The molecule has 4 rings (SSSR count). The number of phenols is 1. The molecule has 1 aliphatic rings. The molecular formula is C29H30N2O5. The highest BCUT2D eigenvalue weighted by atomic mass is 16.5. The van der Waals surface area contributed by atoms with E-state index in [2.05, 4.69) is 0 Å². The Morgan fingerprint density at radius 3 is 2.42 bits per heavy atom. The van der Waals surface area contributed by atoms with Gasteiger partial charge in [-0.05, 0) is 53.4 Å². The Morgan fingerprint density at radius 2 is 1.75 bits per heavy atom. The molecule has 1 saturated heterocycles. The van der Waals surface area contributed by atoms with Crippen LogP contribution in [0.25, 0.3) is 5.76 Å². The van der Waals surface area contributed by atoms with Crippen LogP contribution in [0.3, 0.4) is 0 Å². The minimum Gasteiger partial charge on any atom is -0.872 e. The summed E-state index contributed by atoms with van der Waals surface area (Å²) in [7, 11) is 3.90. The van der Waals surface area contributed by atoms with Crippen LogP contribution in [0.5, 0.6) is 11.5 Å². The molecule has 0 radical (unpaired) electrons. The molecule has 1 heterocycles. The lowest BCUT2D eigenvalue weighted by Gasteiger charge is -2.27. The quantitative estimate of drug-likeness (QED) is 0.287. The molecule has 36 heavy (non-hydrogen) atoms. The van der Waals surface area contributed by atoms with Gasteiger partial charge in [-0.2, -0.15) is 0 Å². The smallest absolute Gasteiger partial charge is 0.295 e. The van der Waals surface area contributed by atoms with Gasteiger partial charge in [-0.25, -0.2) is 0 Å². The number of rotatable bonds is 8. The number of aryl methyl sites for hydroxylation is 1. The highest BCUT2D eigenvalue weighted by Crippen LogP contribution is 2.39. The van der Waals surface area contributed by atoms with Gasteiger partial charge in [0.2, 0.25) is 5.78 Å². The van der Waals surface area contributed by atoms with Crippen molar-refractivity contribution in [3.63, 3.8) is 0 Å². The molecule has 1 unspecified atom stereocenters. The average molecular weight is 487 g/mol. The number of likely N-dealkylation sites (N-methyl/N-ethyl adjacent to an activating group) is 1. The molecule has 7 heteroatoms. The van der Waals surface area contributed by atoms with Crippen LogP contribution < -0.4 is 14.7 Å². The monoisotopic (exact) mass is 486 g/mol. The van der Waals surface area contributed by atoms with Crippen molar-refractivity contribution >= 4 is 17.4 Å². The minimum atomic E-state index is -0.860. The van der Waals surface area contributed by atoms with Crippen molar-refractivity contribution in [2.75, 3.05) is 27.2 Å². The standard InChI is InChI=1S/C29H30N2O5/c1-19-7-4-5-8-22(19)18-36-24-13-11-20(12-14-24)27(33)25-26(21-9-6-10-23(32)17-21)31(16-15-30(2)3)29(35)28(25)34/h4-14,17,26,32-33H,15-16,18H2,1-3H3. The van der Waals surface area contributed by atoms with Crippen LogP contribution in [0.4, 0.5) is 0 Å². The van der Waals surface area contributed by atoms with E-state index in [1.54, 1.807) is 36.4 Å². The fraction of sp³-hybridized carbons (Fsp3) is 0.241. The molecule has 3 aromatic carbocycles. The molecule has 3 aromatic rings. The van der Waals surface area contributed by atoms with Crippen molar-refractivity contribution in [2.24, 2.45) is 0 Å². The summed E-state index contributed by atoms with van der Waals surface area (Å²) in [6.45, 7) is 3.31. The third-order valence-corrected chi connectivity index (χ3v) is 6.34. The molecule has 0 bridgehead atoms. The Bertz CT molecular complexity index is 1300. The first kappa shape index (κ1) is 25.0. The highest BCUT2D eigenvalue weighted by molar-refractivity contribution is 6.46. The maximum absolute atomic E-state index is 13.5. The number of phenolic OH excluding ortho intramolecular Hbond substituents is 1. The zero-order chi connectivity index (χ0) is 25.8. The van der Waals surface area contributed by atoms with Gasteiger partial charge >= 0.3 is 0 Å². The lowest BCUT2D eigenvalue weighted by molar-refractivity contribution is -0.857. The maximum atomic E-state index is 13.5. The Kier molecular flexibility index (Phi) is 7.41. The van der Waals surface area contributed by atoms with Crippen molar-refractivity contribution in [3.05, 3.63) is 101 Å². The van der Waals surface area contributed by atoms with E-state index in [0.29, 0.717) is 36.6 Å². The van der Waals surface area contributed by atoms with Crippen molar-refractivity contribution in [1.82, 2.24) is 4.90 Å². The number of carbonyl (C=O) groups excluding carboxylic acids is 2. The van der Waals surface area contributed by atoms with Gasteiger partial charge in [0.15, 0.2) is 0 Å². The second-order valence-corrected chi connectivity index (χ2v) is 9.26. The number of hydrogen-bond donors (Lipinski definition) is 2. The van der Waals surface area contributed by atoms with Crippen LogP contribution in [0.15, 0.2) is 78.4 Å². The summed E-state index contributed by atoms with van der Waals surface area (Å²) in [6, 6.07) is 20.0. The van der Waals surface area contributed by atoms with Gasteiger partial charge in [0.05, 0.1) is 33.2 Å². The zero-order valence-electron chi connectivity index (χ0n) is 20.7. The number of hydrogen-bond acceptors (Lipinski definition) is 5. The number of amides is 1. The molecule has 0 aromatic heterocycles. The van der Waals surface area contributed by atoms with Gasteiger partial charge < -0.3 is 24.7 Å². The van der Waals surface area contributed by atoms with E-state index < -0.39 is 23.5 Å². The first-order valence-electron chi connectivity index (χ1n) is 11.9. The maximum Gasteiger partial charge on any atom is 0.295 e. The minimum absolute atomic E-state index is 0.000522. The predicted molar refractivity (Wildman–Crippen MR) is 134 cm³/mol. The molecule has 1 atom stereocenters. The van der Waals surface area contributed by atoms with Crippen LogP contribution in [-0.4, -0.2) is 48.9 Å². The Labute approximate surface area is 210 Å². The molecule has 0 spiro atoms. The number of Topliss-reactive ketones (excluding diaryl/α,β-unsaturated/α-hetero) is 1. The third-order valence-electron chi connectivity index (χ3n) is 6.34. The molecule has 186 valence electrons. The van der Waals surface area contributed by atoms with Crippen LogP contribution in [0.2, 0.25) is 0 Å². The van der Waals surface area contributed by atoms with Crippen LogP contribution >= 0.6 is 0 Å². The number of aromatic hydroxyl groups is 1. The van der Waals surface area contributed by atoms with E-state index in [1.165, 1.54) is 17.0 Å². The molecule has 2 N–H and O–H groups in total. The topological polar surface area (TPSA) is 94.3 Å². The van der Waals surface area contributed by atoms with Gasteiger partial charge in [-0.3, -0.25) is 9.59 Å². The van der Waals surface area contributed by atoms with Crippen molar-refractivity contribution in [2.45, 2.75) is 19.6 Å². The SMILES string of the molecule is Cc1ccccc1COc1ccc(C([O-])=C2C(=O)C(=O)N(CC[NH+](C)C)C2c2cccc(O)c2)cc1. The van der Waals surface area contributed by atoms with Crippen molar-refractivity contribution < 1.29 is 29.4 Å². The highest BCUT2D eigenvalue weighted by Gasteiger charge is 2.44. The van der Waals surface area contributed by atoms with E-state index in [4.69, 9.17) is 4.74 Å². The fourth-order valence-corrected chi connectivity index (χ4v) is 4.28. The number of ketones is 1. The molecule has 7 nitrogen and oxygen atoms in total. The van der Waals surface area contributed by atoms with Crippen molar-refractivity contribution in [3.8, 4) is 11.5 Å². The lowest BCUT2D eigenvalue weighted by atomic mass is 9.95. The third kappa shape index (κ3) is 5.26. The number of nitrogens with one attached hydrogen (secondary N) is 1. The summed E-state index contributed by atoms with van der Waals surface area (Å²) in [5.41, 5.74) is 2.90. The first-order valence-corrected chi connectivity index (χ1v) is 11.9. The first-order chi connectivity index (χ1) is 17.3. The van der Waals surface area contributed by atoms with E-state index in [0.717, 1.165) is 16.0 Å². The largest absolute Gasteiger partial charge is 0.872 e. The summed E-state index contributed by atoms with van der Waals surface area (Å²) in [6.07, 6.45) is 0. The van der Waals surface area contributed by atoms with E-state index in [-0.39, 0.29) is 11.3 Å². The van der Waals surface area contributed by atoms with E-state index in [9.17, 15) is 19.8 Å². The van der Waals surface area contributed by atoms with Crippen LogP contribution in [-0.2, 0) is 16.2 Å². The summed E-state index contributed by atoms with van der Waals surface area (Å²) >= 11 is 0. The molecule has 1 fully saturated rings.